The van der Waals surface area contributed by atoms with Crippen LogP contribution in [0.2, 0.25) is 5.02 Å². The summed E-state index contributed by atoms with van der Waals surface area (Å²) in [5.74, 6) is 0.139. The monoisotopic (exact) mass is 425 g/mol. The van der Waals surface area contributed by atoms with Crippen LogP contribution in [0.3, 0.4) is 0 Å². The van der Waals surface area contributed by atoms with Gasteiger partial charge in [0.2, 0.25) is 0 Å². The quantitative estimate of drug-likeness (QED) is 0.515. The number of halogens is 1. The highest BCUT2D eigenvalue weighted by molar-refractivity contribution is 6.33. The number of carbonyl (C=O) groups excluding carboxylic acids is 1. The zero-order valence-corrected chi connectivity index (χ0v) is 17.4. The van der Waals surface area contributed by atoms with Crippen LogP contribution >= 0.6 is 11.6 Å². The van der Waals surface area contributed by atoms with Gasteiger partial charge in [0.1, 0.15) is 0 Å². The predicted octanol–water partition coefficient (Wildman–Crippen LogP) is 4.54. The van der Waals surface area contributed by atoms with E-state index in [1.54, 1.807) is 30.3 Å². The highest BCUT2D eigenvalue weighted by Crippen LogP contribution is 2.30. The number of amides is 1. The number of anilines is 2. The third-order valence-electron chi connectivity index (χ3n) is 5.04. The maximum atomic E-state index is 12.3. The van der Waals surface area contributed by atoms with Crippen LogP contribution in [0.5, 0.6) is 0 Å². The van der Waals surface area contributed by atoms with E-state index in [4.69, 9.17) is 16.0 Å². The molecule has 1 aromatic heterocycles. The summed E-state index contributed by atoms with van der Waals surface area (Å²) in [6, 6.07) is 14.6. The molecule has 0 spiro atoms. The zero-order chi connectivity index (χ0) is 20.8. The molecule has 1 amide bonds. The van der Waals surface area contributed by atoms with E-state index < -0.39 is 0 Å². The lowest BCUT2D eigenvalue weighted by Crippen LogP contribution is -2.22. The van der Waals surface area contributed by atoms with Gasteiger partial charge < -0.3 is 20.0 Å². The van der Waals surface area contributed by atoms with Crippen molar-refractivity contribution in [3.05, 3.63) is 59.1 Å². The second-order valence-corrected chi connectivity index (χ2v) is 7.66. The molecular formula is C22H24ClN5O2. The van der Waals surface area contributed by atoms with Crippen LogP contribution < -0.4 is 10.6 Å². The van der Waals surface area contributed by atoms with Crippen LogP contribution in [0.4, 0.5) is 11.7 Å². The Balaban J connectivity index is 1.33. The number of likely N-dealkylation sites (tertiary alicyclic amines) is 1. The minimum atomic E-state index is -0.197. The Bertz CT molecular complexity index is 986. The maximum Gasteiger partial charge on any atom is 0.315 e. The minimum absolute atomic E-state index is 0.197. The first kappa shape index (κ1) is 20.4. The summed E-state index contributed by atoms with van der Waals surface area (Å²) in [5.41, 5.74) is 1.79. The van der Waals surface area contributed by atoms with Gasteiger partial charge in [-0.05, 0) is 69.2 Å². The van der Waals surface area contributed by atoms with Gasteiger partial charge in [0.25, 0.3) is 11.8 Å². The van der Waals surface area contributed by atoms with Crippen LogP contribution in [0.25, 0.3) is 11.5 Å². The molecule has 2 heterocycles. The molecule has 7 nitrogen and oxygen atoms in total. The number of hydrogen-bond acceptors (Lipinski definition) is 6. The number of benzene rings is 2. The smallest absolute Gasteiger partial charge is 0.315 e. The lowest BCUT2D eigenvalue weighted by Gasteiger charge is -2.13. The number of nitrogens with zero attached hydrogens (tertiary/aromatic N) is 3. The Morgan fingerprint density at radius 1 is 1.10 bits per heavy atom. The molecule has 156 valence electrons. The van der Waals surface area contributed by atoms with Gasteiger partial charge in [-0.1, -0.05) is 34.9 Å². The molecule has 4 rings (SSSR count). The maximum absolute atomic E-state index is 12.3. The molecule has 0 bridgehead atoms. The van der Waals surface area contributed by atoms with Gasteiger partial charge >= 0.3 is 6.01 Å². The third kappa shape index (κ3) is 5.17. The Kier molecular flexibility index (Phi) is 6.61. The largest absolute Gasteiger partial charge is 0.403 e. The summed E-state index contributed by atoms with van der Waals surface area (Å²) in [6.07, 6.45) is 3.63. The second kappa shape index (κ2) is 9.73. The number of rotatable bonds is 8. The SMILES string of the molecule is O=C(Nc1ccc(-c2nnc(NCCCN3CCCC3)o2)c(Cl)c1)c1ccccc1. The topological polar surface area (TPSA) is 83.3 Å². The molecule has 1 fully saturated rings. The molecule has 0 saturated carbocycles. The van der Waals surface area contributed by atoms with E-state index in [0.29, 0.717) is 33.7 Å². The molecule has 3 aromatic rings. The first-order chi connectivity index (χ1) is 14.7. The average Bonchev–Trinajstić information content (AvgIpc) is 3.44. The van der Waals surface area contributed by atoms with Crippen molar-refractivity contribution >= 4 is 29.2 Å². The fourth-order valence-corrected chi connectivity index (χ4v) is 3.73. The average molecular weight is 426 g/mol. The van der Waals surface area contributed by atoms with Gasteiger partial charge in [-0.3, -0.25) is 4.79 Å². The first-order valence-electron chi connectivity index (χ1n) is 10.1. The Morgan fingerprint density at radius 2 is 1.90 bits per heavy atom. The van der Waals surface area contributed by atoms with Crippen molar-refractivity contribution in [2.75, 3.05) is 36.8 Å². The van der Waals surface area contributed by atoms with Gasteiger partial charge in [-0.15, -0.1) is 5.10 Å². The molecule has 0 unspecified atom stereocenters. The Hall–Kier alpha value is -2.90. The molecule has 0 aliphatic carbocycles. The highest BCUT2D eigenvalue weighted by atomic mass is 35.5. The molecule has 2 N–H and O–H groups in total. The third-order valence-corrected chi connectivity index (χ3v) is 5.36. The summed E-state index contributed by atoms with van der Waals surface area (Å²) in [5, 5.41) is 14.5. The van der Waals surface area contributed by atoms with Crippen LogP contribution in [0, 0.1) is 0 Å². The minimum Gasteiger partial charge on any atom is -0.403 e. The molecule has 0 radical (unpaired) electrons. The van der Waals surface area contributed by atoms with Crippen molar-refractivity contribution in [2.24, 2.45) is 0 Å². The number of carbonyl (C=O) groups is 1. The summed E-state index contributed by atoms with van der Waals surface area (Å²) >= 11 is 6.40. The van der Waals surface area contributed by atoms with E-state index in [1.165, 1.54) is 25.9 Å². The highest BCUT2D eigenvalue weighted by Gasteiger charge is 2.14. The molecule has 30 heavy (non-hydrogen) atoms. The van der Waals surface area contributed by atoms with Crippen LogP contribution in [-0.2, 0) is 0 Å². The lowest BCUT2D eigenvalue weighted by atomic mass is 10.2. The van der Waals surface area contributed by atoms with E-state index in [-0.39, 0.29) is 5.91 Å². The van der Waals surface area contributed by atoms with E-state index in [1.807, 2.05) is 18.2 Å². The standard InChI is InChI=1S/C22H24ClN5O2/c23-19-15-17(25-20(29)16-7-2-1-3-8-16)9-10-18(19)21-26-27-22(30-21)24-11-6-14-28-12-4-5-13-28/h1-3,7-10,15H,4-6,11-14H2,(H,24,27)(H,25,29). The number of nitrogens with one attached hydrogen (secondary N) is 2. The molecular weight excluding hydrogens is 402 g/mol. The summed E-state index contributed by atoms with van der Waals surface area (Å²) in [7, 11) is 0. The van der Waals surface area contributed by atoms with Crippen LogP contribution in [-0.4, -0.2) is 47.2 Å². The van der Waals surface area contributed by atoms with Gasteiger partial charge in [0.15, 0.2) is 0 Å². The van der Waals surface area contributed by atoms with Crippen molar-refractivity contribution in [2.45, 2.75) is 19.3 Å². The fraction of sp³-hybridized carbons (Fsp3) is 0.318. The second-order valence-electron chi connectivity index (χ2n) is 7.26. The Morgan fingerprint density at radius 3 is 2.67 bits per heavy atom. The summed E-state index contributed by atoms with van der Waals surface area (Å²) in [6.45, 7) is 4.25. The summed E-state index contributed by atoms with van der Waals surface area (Å²) in [4.78, 5) is 14.8. The summed E-state index contributed by atoms with van der Waals surface area (Å²) < 4.78 is 5.69. The normalized spacial score (nSPS) is 14.0. The van der Waals surface area contributed by atoms with Crippen molar-refractivity contribution in [1.82, 2.24) is 15.1 Å². The van der Waals surface area contributed by atoms with Crippen LogP contribution in [0.1, 0.15) is 29.6 Å². The molecule has 0 atom stereocenters. The van der Waals surface area contributed by atoms with E-state index in [2.05, 4.69) is 25.7 Å². The molecule has 2 aromatic carbocycles. The zero-order valence-electron chi connectivity index (χ0n) is 16.6. The van der Waals surface area contributed by atoms with Crippen molar-refractivity contribution in [1.29, 1.82) is 0 Å². The molecule has 1 aliphatic rings. The van der Waals surface area contributed by atoms with Crippen molar-refractivity contribution in [3.63, 3.8) is 0 Å². The van der Waals surface area contributed by atoms with Gasteiger partial charge in [0, 0.05) is 17.8 Å². The predicted molar refractivity (Wildman–Crippen MR) is 118 cm³/mol. The van der Waals surface area contributed by atoms with E-state index >= 15 is 0 Å². The van der Waals surface area contributed by atoms with Gasteiger partial charge in [-0.25, -0.2) is 0 Å². The number of hydrogen-bond donors (Lipinski definition) is 2. The number of aromatic nitrogens is 2. The lowest BCUT2D eigenvalue weighted by molar-refractivity contribution is 0.102. The van der Waals surface area contributed by atoms with Crippen molar-refractivity contribution < 1.29 is 9.21 Å². The van der Waals surface area contributed by atoms with Crippen LogP contribution in [0.15, 0.2) is 52.9 Å². The van der Waals surface area contributed by atoms with Gasteiger partial charge in [-0.2, -0.15) is 0 Å². The molecule has 1 aliphatic heterocycles. The molecule has 8 heteroatoms. The Labute approximate surface area is 180 Å². The van der Waals surface area contributed by atoms with E-state index in [0.717, 1.165) is 19.5 Å². The van der Waals surface area contributed by atoms with Gasteiger partial charge in [0.05, 0.1) is 10.6 Å². The fourth-order valence-electron chi connectivity index (χ4n) is 3.47. The van der Waals surface area contributed by atoms with Crippen molar-refractivity contribution in [3.8, 4) is 11.5 Å². The van der Waals surface area contributed by atoms with E-state index in [9.17, 15) is 4.79 Å². The molecule has 1 saturated heterocycles. The first-order valence-corrected chi connectivity index (χ1v) is 10.5.